The van der Waals surface area contributed by atoms with Crippen LogP contribution in [-0.4, -0.2) is 72.8 Å². The minimum Gasteiger partial charge on any atom is -0.510 e. The van der Waals surface area contributed by atoms with Crippen LogP contribution >= 0.6 is 0 Å². The maximum atomic E-state index is 13.3. The Labute approximate surface area is 182 Å². The number of ketones is 3. The first-order valence-corrected chi connectivity index (χ1v) is 9.93. The number of likely N-dealkylation sites (N-methyl/N-ethyl adjacent to an activating group) is 1. The predicted molar refractivity (Wildman–Crippen MR) is 108 cm³/mol. The van der Waals surface area contributed by atoms with Gasteiger partial charge in [0.05, 0.1) is 40.7 Å². The van der Waals surface area contributed by atoms with Gasteiger partial charge in [-0.2, -0.15) is 0 Å². The van der Waals surface area contributed by atoms with Crippen molar-refractivity contribution in [3.63, 3.8) is 0 Å². The predicted octanol–water partition coefficient (Wildman–Crippen LogP) is -0.482. The van der Waals surface area contributed by atoms with Gasteiger partial charge in [-0.1, -0.05) is 12.1 Å². The SMILES string of the molecule is CN[C@@H]1C(O)=C(C(C)=O)C(=O)[C@@]2(O)C(O)=C3C(=O)c4c(O)cccc4C(C)(O)C3C(O)C12. The van der Waals surface area contributed by atoms with Crippen LogP contribution < -0.4 is 5.32 Å². The fourth-order valence-corrected chi connectivity index (χ4v) is 5.49. The Balaban J connectivity index is 2.09. The van der Waals surface area contributed by atoms with Gasteiger partial charge in [0, 0.05) is 0 Å². The summed E-state index contributed by atoms with van der Waals surface area (Å²) < 4.78 is 0. The molecule has 0 aliphatic heterocycles. The number of aromatic hydroxyl groups is 1. The van der Waals surface area contributed by atoms with Gasteiger partial charge in [0.1, 0.15) is 22.8 Å². The molecule has 4 unspecified atom stereocenters. The second-order valence-electron chi connectivity index (χ2n) is 8.61. The summed E-state index contributed by atoms with van der Waals surface area (Å²) in [5.74, 6) is -8.81. The van der Waals surface area contributed by atoms with Crippen molar-refractivity contribution in [2.24, 2.45) is 11.8 Å². The van der Waals surface area contributed by atoms with E-state index in [0.29, 0.717) is 0 Å². The lowest BCUT2D eigenvalue weighted by molar-refractivity contribution is -0.168. The van der Waals surface area contributed by atoms with Crippen LogP contribution in [0.4, 0.5) is 0 Å². The van der Waals surface area contributed by atoms with Crippen LogP contribution in [0, 0.1) is 11.8 Å². The van der Waals surface area contributed by atoms with E-state index in [1.54, 1.807) is 0 Å². The summed E-state index contributed by atoms with van der Waals surface area (Å²) in [7, 11) is 1.34. The number of rotatable bonds is 2. The summed E-state index contributed by atoms with van der Waals surface area (Å²) in [4.78, 5) is 38.5. The number of nitrogens with one attached hydrogen (secondary N) is 1. The molecule has 32 heavy (non-hydrogen) atoms. The molecule has 6 atom stereocenters. The minimum atomic E-state index is -2.94. The molecule has 1 aromatic rings. The van der Waals surface area contributed by atoms with Gasteiger partial charge in [-0.25, -0.2) is 0 Å². The minimum absolute atomic E-state index is 0.0131. The average molecular weight is 445 g/mol. The van der Waals surface area contributed by atoms with Crippen LogP contribution in [0.1, 0.15) is 29.8 Å². The normalized spacial score (nSPS) is 36.6. The van der Waals surface area contributed by atoms with Gasteiger partial charge in [0.25, 0.3) is 0 Å². The van der Waals surface area contributed by atoms with Gasteiger partial charge >= 0.3 is 0 Å². The summed E-state index contributed by atoms with van der Waals surface area (Å²) in [6.07, 6.45) is -1.84. The first kappa shape index (κ1) is 22.2. The van der Waals surface area contributed by atoms with Crippen molar-refractivity contribution < 1.29 is 45.0 Å². The number of hydrogen-bond acceptors (Lipinski definition) is 10. The average Bonchev–Trinajstić information content (AvgIpc) is 2.70. The van der Waals surface area contributed by atoms with E-state index in [1.165, 1.54) is 32.2 Å². The first-order valence-electron chi connectivity index (χ1n) is 9.93. The van der Waals surface area contributed by atoms with Crippen LogP contribution in [-0.2, 0) is 15.2 Å². The van der Waals surface area contributed by atoms with E-state index >= 15 is 0 Å². The second kappa shape index (κ2) is 6.72. The topological polar surface area (TPSA) is 185 Å². The number of carbonyl (C=O) groups excluding carboxylic acids is 3. The van der Waals surface area contributed by atoms with Crippen molar-refractivity contribution in [2.75, 3.05) is 7.05 Å². The molecule has 10 nitrogen and oxygen atoms in total. The molecule has 0 saturated carbocycles. The molecule has 3 aliphatic rings. The molecule has 170 valence electrons. The fraction of sp³-hybridized carbons (Fsp3) is 0.409. The number of aliphatic hydroxyl groups excluding tert-OH is 3. The highest BCUT2D eigenvalue weighted by Crippen LogP contribution is 2.56. The lowest BCUT2D eigenvalue weighted by atomic mass is 9.54. The molecule has 7 N–H and O–H groups in total. The highest BCUT2D eigenvalue weighted by atomic mass is 16.4. The summed E-state index contributed by atoms with van der Waals surface area (Å²) >= 11 is 0. The molecule has 0 aromatic heterocycles. The maximum absolute atomic E-state index is 13.3. The molecule has 0 spiro atoms. The maximum Gasteiger partial charge on any atom is 0.209 e. The van der Waals surface area contributed by atoms with E-state index in [-0.39, 0.29) is 11.1 Å². The van der Waals surface area contributed by atoms with Crippen LogP contribution in [0.5, 0.6) is 5.75 Å². The third-order valence-corrected chi connectivity index (χ3v) is 6.93. The monoisotopic (exact) mass is 445 g/mol. The van der Waals surface area contributed by atoms with Crippen LogP contribution in [0.25, 0.3) is 0 Å². The third-order valence-electron chi connectivity index (χ3n) is 6.93. The number of Topliss-reactive ketones (excluding diaryl/α,β-unsaturated/α-hetero) is 3. The van der Waals surface area contributed by atoms with Crippen molar-refractivity contribution in [1.29, 1.82) is 0 Å². The summed E-state index contributed by atoms with van der Waals surface area (Å²) in [5, 5.41) is 68.7. The molecule has 3 aliphatic carbocycles. The van der Waals surface area contributed by atoms with Gasteiger partial charge in [-0.15, -0.1) is 0 Å². The number of hydrogen-bond donors (Lipinski definition) is 7. The number of phenols is 1. The fourth-order valence-electron chi connectivity index (χ4n) is 5.49. The van der Waals surface area contributed by atoms with Crippen molar-refractivity contribution in [1.82, 2.24) is 5.32 Å². The molecular formula is C22H23NO9. The Morgan fingerprint density at radius 1 is 1.12 bits per heavy atom. The van der Waals surface area contributed by atoms with Crippen molar-refractivity contribution in [2.45, 2.75) is 37.2 Å². The molecular weight excluding hydrogens is 422 g/mol. The molecule has 4 rings (SSSR count). The molecule has 0 heterocycles. The van der Waals surface area contributed by atoms with E-state index in [2.05, 4.69) is 5.32 Å². The highest BCUT2D eigenvalue weighted by Gasteiger charge is 2.68. The standard InChI is InChI=1S/C22H23NO9/c1-7(24)10-17(27)15(23-3)14-18(28)13-12(20(30)22(14,32)19(10)29)16(26)11-8(21(13,2)31)5-4-6-9(11)25/h4-6,13-15,18,23,25,27-28,30-32H,1-3H3/t13?,14?,15-,18?,21?,22+/m0/s1. The summed E-state index contributed by atoms with van der Waals surface area (Å²) in [5.41, 5.74) is -6.75. The zero-order valence-electron chi connectivity index (χ0n) is 17.4. The number of benzene rings is 1. The van der Waals surface area contributed by atoms with Crippen LogP contribution in [0.15, 0.2) is 40.9 Å². The van der Waals surface area contributed by atoms with Crippen molar-refractivity contribution >= 4 is 17.3 Å². The zero-order chi connectivity index (χ0) is 23.9. The van der Waals surface area contributed by atoms with Crippen molar-refractivity contribution in [3.05, 3.63) is 52.0 Å². The number of fused-ring (bicyclic) bond motifs is 3. The zero-order valence-corrected chi connectivity index (χ0v) is 17.4. The Kier molecular flexibility index (Phi) is 4.65. The molecule has 0 amide bonds. The number of aliphatic hydroxyl groups is 5. The lowest BCUT2D eigenvalue weighted by Gasteiger charge is -2.54. The van der Waals surface area contributed by atoms with E-state index in [9.17, 15) is 45.0 Å². The Bertz CT molecular complexity index is 1150. The number of phenolic OH excluding ortho intramolecular Hbond substituents is 1. The molecule has 0 fully saturated rings. The van der Waals surface area contributed by atoms with E-state index in [4.69, 9.17) is 0 Å². The lowest BCUT2D eigenvalue weighted by Crippen LogP contribution is -2.69. The highest BCUT2D eigenvalue weighted by molar-refractivity contribution is 6.25. The molecule has 0 bridgehead atoms. The third kappa shape index (κ3) is 2.40. The Hall–Kier alpha value is -3.05. The number of carbonyl (C=O) groups is 3. The Morgan fingerprint density at radius 2 is 1.75 bits per heavy atom. The Morgan fingerprint density at radius 3 is 2.31 bits per heavy atom. The second-order valence-corrected chi connectivity index (χ2v) is 8.61. The van der Waals surface area contributed by atoms with Gasteiger partial charge < -0.3 is 36.0 Å². The largest absolute Gasteiger partial charge is 0.510 e. The molecule has 10 heteroatoms. The van der Waals surface area contributed by atoms with Gasteiger partial charge in [0.2, 0.25) is 5.78 Å². The van der Waals surface area contributed by atoms with Crippen LogP contribution in [0.2, 0.25) is 0 Å². The van der Waals surface area contributed by atoms with Gasteiger partial charge in [-0.05, 0) is 32.5 Å². The van der Waals surface area contributed by atoms with Crippen molar-refractivity contribution in [3.8, 4) is 5.75 Å². The smallest absolute Gasteiger partial charge is 0.209 e. The van der Waals surface area contributed by atoms with E-state index in [1.807, 2.05) is 0 Å². The molecule has 1 aromatic carbocycles. The van der Waals surface area contributed by atoms with Crippen LogP contribution in [0.3, 0.4) is 0 Å². The van der Waals surface area contributed by atoms with E-state index in [0.717, 1.165) is 6.92 Å². The molecule has 0 saturated heterocycles. The first-order chi connectivity index (χ1) is 14.8. The quantitative estimate of drug-likeness (QED) is 0.293. The summed E-state index contributed by atoms with van der Waals surface area (Å²) in [6, 6.07) is 2.59. The summed E-state index contributed by atoms with van der Waals surface area (Å²) in [6.45, 7) is 2.25. The van der Waals surface area contributed by atoms with Gasteiger partial charge in [-0.3, -0.25) is 14.4 Å². The van der Waals surface area contributed by atoms with E-state index < -0.39 is 80.9 Å². The van der Waals surface area contributed by atoms with Gasteiger partial charge in [0.15, 0.2) is 17.2 Å². The molecule has 0 radical (unpaired) electrons.